The van der Waals surface area contributed by atoms with E-state index in [2.05, 4.69) is 10.2 Å². The van der Waals surface area contributed by atoms with Crippen LogP contribution in [0.4, 0.5) is 0 Å². The van der Waals surface area contributed by atoms with Gasteiger partial charge in [0, 0.05) is 28.4 Å². The third-order valence-corrected chi connectivity index (χ3v) is 5.55. The van der Waals surface area contributed by atoms with Crippen LogP contribution in [-0.4, -0.2) is 44.1 Å². The second-order valence-corrected chi connectivity index (χ2v) is 7.84. The van der Waals surface area contributed by atoms with E-state index in [0.717, 1.165) is 16.5 Å². The quantitative estimate of drug-likeness (QED) is 0.401. The average Bonchev–Trinajstić information content (AvgIpc) is 3.14. The van der Waals surface area contributed by atoms with Crippen LogP contribution in [0.2, 0.25) is 5.02 Å². The Morgan fingerprint density at radius 1 is 1.24 bits per heavy atom. The fourth-order valence-corrected chi connectivity index (χ4v) is 3.84. The Hall–Kier alpha value is -2.35. The number of thioether (sulfide) groups is 1. The summed E-state index contributed by atoms with van der Waals surface area (Å²) >= 11 is 7.50. The summed E-state index contributed by atoms with van der Waals surface area (Å²) in [7, 11) is 0. The van der Waals surface area contributed by atoms with Crippen LogP contribution in [0.3, 0.4) is 0 Å². The van der Waals surface area contributed by atoms with Crippen LogP contribution < -0.4 is 4.74 Å². The number of Topliss-reactive ketones (excluding diaryl/α,β-unsaturated/α-hetero) is 1. The zero-order chi connectivity index (χ0) is 20.8. The van der Waals surface area contributed by atoms with Gasteiger partial charge in [0.1, 0.15) is 12.4 Å². The third-order valence-electron chi connectivity index (χ3n) is 4.20. The predicted octanol–water partition coefficient (Wildman–Crippen LogP) is 4.35. The summed E-state index contributed by atoms with van der Waals surface area (Å²) in [5, 5.41) is 20.2. The third kappa shape index (κ3) is 5.59. The normalized spacial score (nSPS) is 12.0. The summed E-state index contributed by atoms with van der Waals surface area (Å²) in [5.74, 6) is 1.67. The van der Waals surface area contributed by atoms with Crippen LogP contribution >= 0.6 is 23.4 Å². The molecule has 0 fully saturated rings. The first-order chi connectivity index (χ1) is 14.0. The summed E-state index contributed by atoms with van der Waals surface area (Å²) in [4.78, 5) is 11.4. The van der Waals surface area contributed by atoms with Crippen molar-refractivity contribution in [2.24, 2.45) is 0 Å². The van der Waals surface area contributed by atoms with Gasteiger partial charge in [0.15, 0.2) is 16.8 Å². The Labute approximate surface area is 178 Å². The maximum Gasteiger partial charge on any atom is 0.191 e. The monoisotopic (exact) mass is 431 g/mol. The second kappa shape index (κ2) is 9.91. The molecule has 152 valence electrons. The molecule has 1 N–H and O–H groups in total. The van der Waals surface area contributed by atoms with Gasteiger partial charge >= 0.3 is 0 Å². The second-order valence-electron chi connectivity index (χ2n) is 6.42. The lowest BCUT2D eigenvalue weighted by Gasteiger charge is -2.13. The van der Waals surface area contributed by atoms with E-state index in [0.29, 0.717) is 28.6 Å². The molecular weight excluding hydrogens is 410 g/mol. The van der Waals surface area contributed by atoms with Gasteiger partial charge in [0.2, 0.25) is 0 Å². The van der Waals surface area contributed by atoms with Gasteiger partial charge in [-0.2, -0.15) is 0 Å². The van der Waals surface area contributed by atoms with E-state index in [-0.39, 0.29) is 12.4 Å². The van der Waals surface area contributed by atoms with E-state index >= 15 is 0 Å². The van der Waals surface area contributed by atoms with Gasteiger partial charge in [-0.15, -0.1) is 10.2 Å². The van der Waals surface area contributed by atoms with Crippen molar-refractivity contribution in [3.63, 3.8) is 0 Å². The van der Waals surface area contributed by atoms with E-state index in [1.807, 2.05) is 35.8 Å². The van der Waals surface area contributed by atoms with Gasteiger partial charge < -0.3 is 14.4 Å². The van der Waals surface area contributed by atoms with Crippen LogP contribution in [0.25, 0.3) is 11.4 Å². The molecule has 2 aromatic carbocycles. The Morgan fingerprint density at radius 2 is 2.03 bits per heavy atom. The van der Waals surface area contributed by atoms with Crippen molar-refractivity contribution in [3.8, 4) is 17.1 Å². The Morgan fingerprint density at radius 3 is 2.76 bits per heavy atom. The Kier molecular flexibility index (Phi) is 7.30. The minimum Gasteiger partial charge on any atom is -0.491 e. The number of carbonyl (C=O) groups excluding carboxylic acids is 1. The van der Waals surface area contributed by atoms with Gasteiger partial charge in [-0.3, -0.25) is 4.79 Å². The number of aliphatic hydroxyl groups excluding tert-OH is 1. The van der Waals surface area contributed by atoms with Crippen LogP contribution in [0, 0.1) is 0 Å². The SMILES string of the molecule is CCn1c(SCC(O)COc2cccc(C(C)=O)c2)nnc1-c1cccc(Cl)c1. The van der Waals surface area contributed by atoms with E-state index < -0.39 is 6.10 Å². The number of benzene rings is 2. The molecule has 1 unspecified atom stereocenters. The van der Waals surface area contributed by atoms with Crippen LogP contribution in [0.15, 0.2) is 53.7 Å². The topological polar surface area (TPSA) is 77.2 Å². The standard InChI is InChI=1S/C21H22ClN3O3S/c1-3-25-20(16-7-4-8-17(22)10-16)23-24-21(25)29-13-18(27)12-28-19-9-5-6-15(11-19)14(2)26/h4-11,18,27H,3,12-13H2,1-2H3. The fourth-order valence-electron chi connectivity index (χ4n) is 2.74. The zero-order valence-electron chi connectivity index (χ0n) is 16.2. The van der Waals surface area contributed by atoms with E-state index in [4.69, 9.17) is 16.3 Å². The fraction of sp³-hybridized carbons (Fsp3) is 0.286. The molecule has 1 atom stereocenters. The molecule has 0 bridgehead atoms. The summed E-state index contributed by atoms with van der Waals surface area (Å²) < 4.78 is 7.60. The lowest BCUT2D eigenvalue weighted by Crippen LogP contribution is -2.20. The lowest BCUT2D eigenvalue weighted by atomic mass is 10.1. The highest BCUT2D eigenvalue weighted by molar-refractivity contribution is 7.99. The Bertz CT molecular complexity index is 993. The van der Waals surface area contributed by atoms with Crippen molar-refractivity contribution in [1.82, 2.24) is 14.8 Å². The van der Waals surface area contributed by atoms with Gasteiger partial charge in [-0.25, -0.2) is 0 Å². The van der Waals surface area contributed by atoms with Gasteiger partial charge in [-0.05, 0) is 38.1 Å². The first-order valence-corrected chi connectivity index (χ1v) is 10.6. The molecule has 1 aromatic heterocycles. The number of nitrogens with zero attached hydrogens (tertiary/aromatic N) is 3. The molecule has 0 aliphatic carbocycles. The highest BCUT2D eigenvalue weighted by Crippen LogP contribution is 2.26. The smallest absolute Gasteiger partial charge is 0.191 e. The molecule has 0 amide bonds. The summed E-state index contributed by atoms with van der Waals surface area (Å²) in [6.07, 6.45) is -0.697. The molecule has 0 saturated heterocycles. The van der Waals surface area contributed by atoms with Crippen molar-refractivity contribution < 1.29 is 14.6 Å². The molecule has 6 nitrogen and oxygen atoms in total. The molecule has 29 heavy (non-hydrogen) atoms. The minimum atomic E-state index is -0.697. The first-order valence-electron chi connectivity index (χ1n) is 9.21. The number of aliphatic hydroxyl groups is 1. The van der Waals surface area contributed by atoms with Crippen molar-refractivity contribution in [1.29, 1.82) is 0 Å². The van der Waals surface area contributed by atoms with Gasteiger partial charge in [0.05, 0.1) is 6.10 Å². The highest BCUT2D eigenvalue weighted by Gasteiger charge is 2.15. The van der Waals surface area contributed by atoms with Crippen LogP contribution in [0.1, 0.15) is 24.2 Å². The molecule has 0 aliphatic heterocycles. The molecule has 0 aliphatic rings. The van der Waals surface area contributed by atoms with Crippen molar-refractivity contribution in [3.05, 3.63) is 59.1 Å². The van der Waals surface area contributed by atoms with Crippen LogP contribution in [0.5, 0.6) is 5.75 Å². The first kappa shape index (κ1) is 21.4. The van der Waals surface area contributed by atoms with E-state index in [9.17, 15) is 9.90 Å². The highest BCUT2D eigenvalue weighted by atomic mass is 35.5. The summed E-state index contributed by atoms with van der Waals surface area (Å²) in [6, 6.07) is 14.4. The predicted molar refractivity (Wildman–Crippen MR) is 115 cm³/mol. The van der Waals surface area contributed by atoms with E-state index in [1.54, 1.807) is 24.3 Å². The van der Waals surface area contributed by atoms with Crippen molar-refractivity contribution in [2.75, 3.05) is 12.4 Å². The van der Waals surface area contributed by atoms with Crippen molar-refractivity contribution in [2.45, 2.75) is 31.7 Å². The molecule has 3 aromatic rings. The average molecular weight is 432 g/mol. The molecule has 0 saturated carbocycles. The maximum atomic E-state index is 11.4. The largest absolute Gasteiger partial charge is 0.491 e. The summed E-state index contributed by atoms with van der Waals surface area (Å²) in [6.45, 7) is 4.34. The maximum absolute atomic E-state index is 11.4. The zero-order valence-corrected chi connectivity index (χ0v) is 17.8. The summed E-state index contributed by atoms with van der Waals surface area (Å²) in [5.41, 5.74) is 1.48. The minimum absolute atomic E-state index is 0.0269. The molecule has 3 rings (SSSR count). The number of ether oxygens (including phenoxy) is 1. The van der Waals surface area contributed by atoms with Crippen molar-refractivity contribution >= 4 is 29.1 Å². The number of ketones is 1. The number of aromatic nitrogens is 3. The molecule has 0 spiro atoms. The van der Waals surface area contributed by atoms with Crippen LogP contribution in [-0.2, 0) is 6.54 Å². The number of hydrogen-bond acceptors (Lipinski definition) is 6. The van der Waals surface area contributed by atoms with Gasteiger partial charge in [0.25, 0.3) is 0 Å². The van der Waals surface area contributed by atoms with Gasteiger partial charge in [-0.1, -0.05) is 47.6 Å². The molecule has 8 heteroatoms. The molecule has 1 heterocycles. The Balaban J connectivity index is 1.60. The number of rotatable bonds is 9. The molecular formula is C21H22ClN3O3S. The number of halogens is 1. The number of hydrogen-bond donors (Lipinski definition) is 1. The lowest BCUT2D eigenvalue weighted by molar-refractivity contribution is 0.101. The van der Waals surface area contributed by atoms with E-state index in [1.165, 1.54) is 18.7 Å². The molecule has 0 radical (unpaired) electrons. The number of carbonyl (C=O) groups is 1.